The average molecular weight is 439 g/mol. The first-order valence-electron chi connectivity index (χ1n) is 10.6. The van der Waals surface area contributed by atoms with E-state index in [1.807, 2.05) is 11.5 Å². The zero-order valence-electron chi connectivity index (χ0n) is 17.0. The van der Waals surface area contributed by atoms with Gasteiger partial charge in [0.25, 0.3) is 5.91 Å². The first-order chi connectivity index (χ1) is 14.2. The van der Waals surface area contributed by atoms with Crippen LogP contribution < -0.4 is 5.32 Å². The van der Waals surface area contributed by atoms with Gasteiger partial charge in [-0.05, 0) is 62.8 Å². The molecule has 0 saturated heterocycles. The van der Waals surface area contributed by atoms with E-state index in [2.05, 4.69) is 5.32 Å². The lowest BCUT2D eigenvalue weighted by molar-refractivity contribution is -0.137. The predicted molar refractivity (Wildman–Crippen MR) is 112 cm³/mol. The van der Waals surface area contributed by atoms with Crippen LogP contribution in [0.3, 0.4) is 0 Å². The molecule has 2 aromatic rings. The van der Waals surface area contributed by atoms with Crippen molar-refractivity contribution < 1.29 is 18.0 Å². The van der Waals surface area contributed by atoms with Gasteiger partial charge < -0.3 is 9.88 Å². The SMILES string of the molecule is Cc1c(C(=O)NC2CCCCC2)cc(-c2cc(C(F)(F)F)ccc2Cl)n1CC1CC1. The van der Waals surface area contributed by atoms with Gasteiger partial charge in [0.2, 0.25) is 0 Å². The topological polar surface area (TPSA) is 34.0 Å². The summed E-state index contributed by atoms with van der Waals surface area (Å²) in [5.41, 5.74) is 1.44. The Kier molecular flexibility index (Phi) is 5.88. The van der Waals surface area contributed by atoms with E-state index in [1.54, 1.807) is 6.07 Å². The summed E-state index contributed by atoms with van der Waals surface area (Å²) < 4.78 is 41.9. The van der Waals surface area contributed by atoms with E-state index >= 15 is 0 Å². The highest BCUT2D eigenvalue weighted by molar-refractivity contribution is 6.33. The number of halogens is 4. The van der Waals surface area contributed by atoms with Gasteiger partial charge in [0.05, 0.1) is 16.8 Å². The fourth-order valence-corrected chi connectivity index (χ4v) is 4.51. The summed E-state index contributed by atoms with van der Waals surface area (Å²) in [5.74, 6) is 0.340. The third-order valence-electron chi connectivity index (χ3n) is 6.26. The molecule has 1 aromatic carbocycles. The number of aromatic nitrogens is 1. The summed E-state index contributed by atoms with van der Waals surface area (Å²) in [6.07, 6.45) is 3.09. The van der Waals surface area contributed by atoms with Crippen molar-refractivity contribution in [2.75, 3.05) is 0 Å². The van der Waals surface area contributed by atoms with Crippen molar-refractivity contribution in [1.29, 1.82) is 0 Å². The second-order valence-electron chi connectivity index (χ2n) is 8.58. The second-order valence-corrected chi connectivity index (χ2v) is 8.99. The molecule has 4 rings (SSSR count). The Hall–Kier alpha value is -1.95. The normalized spacial score (nSPS) is 17.9. The summed E-state index contributed by atoms with van der Waals surface area (Å²) in [4.78, 5) is 13.0. The van der Waals surface area contributed by atoms with Gasteiger partial charge >= 0.3 is 6.18 Å². The predicted octanol–water partition coefficient (Wildman–Crippen LogP) is 6.61. The maximum Gasteiger partial charge on any atom is 0.416 e. The van der Waals surface area contributed by atoms with Crippen LogP contribution in [0, 0.1) is 12.8 Å². The summed E-state index contributed by atoms with van der Waals surface area (Å²) in [5, 5.41) is 3.37. The molecule has 1 heterocycles. The van der Waals surface area contributed by atoms with Crippen LogP contribution in [0.5, 0.6) is 0 Å². The minimum absolute atomic E-state index is 0.154. The minimum Gasteiger partial charge on any atom is -0.349 e. The number of benzene rings is 1. The standard InChI is InChI=1S/C23H26ClF3N2O/c1-14-18(22(30)28-17-5-3-2-4-6-17)12-21(29(14)13-15-7-8-15)19-11-16(23(25,26)27)9-10-20(19)24/h9-12,15,17H,2-8,13H2,1H3,(H,28,30). The molecule has 3 nitrogen and oxygen atoms in total. The molecule has 2 aliphatic rings. The smallest absolute Gasteiger partial charge is 0.349 e. The Morgan fingerprint density at radius 2 is 1.83 bits per heavy atom. The lowest BCUT2D eigenvalue weighted by Crippen LogP contribution is -2.36. The quantitative estimate of drug-likeness (QED) is 0.560. The Morgan fingerprint density at radius 3 is 2.47 bits per heavy atom. The molecule has 0 unspecified atom stereocenters. The Bertz CT molecular complexity index is 941. The van der Waals surface area contributed by atoms with E-state index in [4.69, 9.17) is 11.6 Å². The number of nitrogens with zero attached hydrogens (tertiary/aromatic N) is 1. The van der Waals surface area contributed by atoms with Crippen molar-refractivity contribution in [3.8, 4) is 11.3 Å². The number of alkyl halides is 3. The van der Waals surface area contributed by atoms with E-state index < -0.39 is 11.7 Å². The summed E-state index contributed by atoms with van der Waals surface area (Å²) in [6.45, 7) is 2.55. The van der Waals surface area contributed by atoms with E-state index in [0.29, 0.717) is 29.3 Å². The molecule has 1 amide bonds. The lowest BCUT2D eigenvalue weighted by atomic mass is 9.95. The van der Waals surface area contributed by atoms with Gasteiger partial charge in [-0.15, -0.1) is 0 Å². The molecule has 0 bridgehead atoms. The van der Waals surface area contributed by atoms with Crippen LogP contribution in [-0.4, -0.2) is 16.5 Å². The summed E-state index contributed by atoms with van der Waals surface area (Å²) in [7, 11) is 0. The molecule has 0 radical (unpaired) electrons. The molecule has 7 heteroatoms. The van der Waals surface area contributed by atoms with Crippen LogP contribution in [0.25, 0.3) is 11.3 Å². The van der Waals surface area contributed by atoms with Crippen LogP contribution in [0.4, 0.5) is 13.2 Å². The third kappa shape index (κ3) is 4.53. The van der Waals surface area contributed by atoms with Crippen LogP contribution >= 0.6 is 11.6 Å². The first kappa shape index (κ1) is 21.3. The van der Waals surface area contributed by atoms with Crippen LogP contribution in [0.15, 0.2) is 24.3 Å². The number of rotatable bonds is 5. The number of carbonyl (C=O) groups excluding carboxylic acids is 1. The van der Waals surface area contributed by atoms with E-state index in [9.17, 15) is 18.0 Å². The largest absolute Gasteiger partial charge is 0.416 e. The van der Waals surface area contributed by atoms with Gasteiger partial charge in [0.1, 0.15) is 0 Å². The lowest BCUT2D eigenvalue weighted by Gasteiger charge is -2.22. The fraction of sp³-hybridized carbons (Fsp3) is 0.522. The van der Waals surface area contributed by atoms with Crippen molar-refractivity contribution in [1.82, 2.24) is 9.88 Å². The molecule has 30 heavy (non-hydrogen) atoms. The van der Waals surface area contributed by atoms with Crippen LogP contribution in [0.1, 0.15) is 66.6 Å². The summed E-state index contributed by atoms with van der Waals surface area (Å²) in [6, 6.07) is 5.23. The molecule has 0 atom stereocenters. The van der Waals surface area contributed by atoms with Gasteiger partial charge in [-0.25, -0.2) is 0 Å². The summed E-state index contributed by atoms with van der Waals surface area (Å²) >= 11 is 6.32. The zero-order valence-corrected chi connectivity index (χ0v) is 17.7. The molecule has 0 aliphatic heterocycles. The van der Waals surface area contributed by atoms with E-state index in [1.165, 1.54) is 12.5 Å². The highest BCUT2D eigenvalue weighted by Crippen LogP contribution is 2.39. The highest BCUT2D eigenvalue weighted by Gasteiger charge is 2.32. The fourth-order valence-electron chi connectivity index (χ4n) is 4.30. The van der Waals surface area contributed by atoms with Gasteiger partial charge in [0, 0.05) is 28.9 Å². The molecule has 162 valence electrons. The number of nitrogens with one attached hydrogen (secondary N) is 1. The molecule has 2 saturated carbocycles. The van der Waals surface area contributed by atoms with Gasteiger partial charge in [-0.1, -0.05) is 30.9 Å². The molecule has 1 aromatic heterocycles. The molecular weight excluding hydrogens is 413 g/mol. The Balaban J connectivity index is 1.72. The molecule has 0 spiro atoms. The maximum absolute atomic E-state index is 13.3. The second kappa shape index (κ2) is 8.29. The van der Waals surface area contributed by atoms with E-state index in [-0.39, 0.29) is 17.0 Å². The van der Waals surface area contributed by atoms with Crippen molar-refractivity contribution >= 4 is 17.5 Å². The third-order valence-corrected chi connectivity index (χ3v) is 6.59. The van der Waals surface area contributed by atoms with Crippen LogP contribution in [-0.2, 0) is 12.7 Å². The van der Waals surface area contributed by atoms with Crippen molar-refractivity contribution in [2.45, 2.75) is 70.6 Å². The highest BCUT2D eigenvalue weighted by atomic mass is 35.5. The first-order valence-corrected chi connectivity index (χ1v) is 11.0. The van der Waals surface area contributed by atoms with Gasteiger partial charge in [-0.3, -0.25) is 4.79 Å². The Labute approximate surface area is 179 Å². The number of hydrogen-bond acceptors (Lipinski definition) is 1. The van der Waals surface area contributed by atoms with E-state index in [0.717, 1.165) is 56.4 Å². The van der Waals surface area contributed by atoms with Gasteiger partial charge in [-0.2, -0.15) is 13.2 Å². The zero-order chi connectivity index (χ0) is 21.5. The van der Waals surface area contributed by atoms with Crippen molar-refractivity contribution in [2.24, 2.45) is 5.92 Å². The molecule has 1 N–H and O–H groups in total. The maximum atomic E-state index is 13.3. The number of carbonyl (C=O) groups is 1. The molecule has 2 aliphatic carbocycles. The van der Waals surface area contributed by atoms with Crippen molar-refractivity contribution in [3.05, 3.63) is 46.1 Å². The molecule has 2 fully saturated rings. The average Bonchev–Trinajstić information content (AvgIpc) is 3.46. The monoisotopic (exact) mass is 438 g/mol. The van der Waals surface area contributed by atoms with Crippen molar-refractivity contribution in [3.63, 3.8) is 0 Å². The Morgan fingerprint density at radius 1 is 1.13 bits per heavy atom. The minimum atomic E-state index is -4.45. The number of hydrogen-bond donors (Lipinski definition) is 1. The number of amides is 1. The van der Waals surface area contributed by atoms with Crippen LogP contribution in [0.2, 0.25) is 5.02 Å². The van der Waals surface area contributed by atoms with Gasteiger partial charge in [0.15, 0.2) is 0 Å². The molecular formula is C23H26ClF3N2O.